The van der Waals surface area contributed by atoms with Crippen molar-refractivity contribution in [1.82, 2.24) is 30.2 Å². The first kappa shape index (κ1) is 24.5. The minimum atomic E-state index is -0.465. The molecule has 4 N–H and O–H groups in total. The Kier molecular flexibility index (Phi) is 7.93. The number of halogens is 2. The quantitative estimate of drug-likeness (QED) is 0.501. The molecule has 1 saturated carbocycles. The number of carbonyl (C=O) groups is 2. The molecule has 176 valence electrons. The molecule has 0 radical (unpaired) electrons. The molecule has 4 rings (SSSR count). The minimum Gasteiger partial charge on any atom is -0.350 e. The number of carbonyl (C=O) groups excluding carboxylic acids is 2. The van der Waals surface area contributed by atoms with Gasteiger partial charge in [0.05, 0.1) is 0 Å². The summed E-state index contributed by atoms with van der Waals surface area (Å²) >= 11 is 0. The van der Waals surface area contributed by atoms with Gasteiger partial charge in [0.25, 0.3) is 17.6 Å². The van der Waals surface area contributed by atoms with Gasteiger partial charge in [-0.15, -0.1) is 12.4 Å². The lowest BCUT2D eigenvalue weighted by Crippen LogP contribution is -2.35. The molecule has 33 heavy (non-hydrogen) atoms. The molecule has 0 saturated heterocycles. The zero-order valence-electron chi connectivity index (χ0n) is 18.3. The average Bonchev–Trinajstić information content (AvgIpc) is 3.27. The molecule has 0 spiro atoms. The average molecular weight is 476 g/mol. The second-order valence-corrected chi connectivity index (χ2v) is 8.26. The highest BCUT2D eigenvalue weighted by Crippen LogP contribution is 2.22. The molecule has 0 aliphatic heterocycles. The molecule has 2 amide bonds. The fraction of sp³-hybridized carbons (Fsp3) is 0.409. The Balaban J connectivity index is 0.00000306. The molecule has 1 aliphatic carbocycles. The van der Waals surface area contributed by atoms with Crippen LogP contribution in [0.1, 0.15) is 57.8 Å². The summed E-state index contributed by atoms with van der Waals surface area (Å²) < 4.78 is 14.8. The SMILES string of the molecule is Cc1cc(CNC(=O)c2cc(C(=O)NCC3CCC(N)CC3)n3ncnc3n2)ccc1F.Cl. The van der Waals surface area contributed by atoms with Gasteiger partial charge in [-0.05, 0) is 55.7 Å². The van der Waals surface area contributed by atoms with Crippen LogP contribution in [0.25, 0.3) is 5.78 Å². The van der Waals surface area contributed by atoms with E-state index in [0.717, 1.165) is 31.2 Å². The highest BCUT2D eigenvalue weighted by Gasteiger charge is 2.22. The molecular weight excluding hydrogens is 449 g/mol. The third-order valence-electron chi connectivity index (χ3n) is 5.84. The Bertz CT molecular complexity index is 1140. The van der Waals surface area contributed by atoms with Gasteiger partial charge in [-0.2, -0.15) is 14.6 Å². The Morgan fingerprint density at radius 2 is 1.91 bits per heavy atom. The van der Waals surface area contributed by atoms with E-state index in [2.05, 4.69) is 25.7 Å². The van der Waals surface area contributed by atoms with E-state index in [0.29, 0.717) is 18.0 Å². The molecule has 1 aliphatic rings. The summed E-state index contributed by atoms with van der Waals surface area (Å²) in [4.78, 5) is 33.8. The van der Waals surface area contributed by atoms with Crippen LogP contribution in [0.2, 0.25) is 0 Å². The van der Waals surface area contributed by atoms with Crippen molar-refractivity contribution in [3.63, 3.8) is 0 Å². The van der Waals surface area contributed by atoms with Crippen molar-refractivity contribution in [3.8, 4) is 0 Å². The number of fused-ring (bicyclic) bond motifs is 1. The third-order valence-corrected chi connectivity index (χ3v) is 5.84. The smallest absolute Gasteiger partial charge is 0.270 e. The van der Waals surface area contributed by atoms with Gasteiger partial charge in [-0.3, -0.25) is 9.59 Å². The summed E-state index contributed by atoms with van der Waals surface area (Å²) in [5.41, 5.74) is 7.44. The van der Waals surface area contributed by atoms with Crippen LogP contribution in [0, 0.1) is 18.7 Å². The maximum Gasteiger partial charge on any atom is 0.270 e. The number of hydrogen-bond acceptors (Lipinski definition) is 6. The fourth-order valence-corrected chi connectivity index (χ4v) is 3.90. The number of nitrogens with two attached hydrogens (primary N) is 1. The van der Waals surface area contributed by atoms with Crippen molar-refractivity contribution in [2.24, 2.45) is 11.7 Å². The van der Waals surface area contributed by atoms with Crippen molar-refractivity contribution < 1.29 is 14.0 Å². The van der Waals surface area contributed by atoms with E-state index in [1.165, 1.54) is 23.0 Å². The van der Waals surface area contributed by atoms with E-state index in [4.69, 9.17) is 5.73 Å². The molecule has 2 aromatic heterocycles. The largest absolute Gasteiger partial charge is 0.350 e. The first-order valence-corrected chi connectivity index (χ1v) is 10.7. The molecule has 2 heterocycles. The number of benzene rings is 1. The summed E-state index contributed by atoms with van der Waals surface area (Å²) in [7, 11) is 0. The number of aryl methyl sites for hydroxylation is 1. The zero-order valence-corrected chi connectivity index (χ0v) is 19.1. The predicted molar refractivity (Wildman–Crippen MR) is 123 cm³/mol. The number of hydrogen-bond donors (Lipinski definition) is 3. The van der Waals surface area contributed by atoms with Crippen LogP contribution in [0.15, 0.2) is 30.6 Å². The number of aromatic nitrogens is 4. The van der Waals surface area contributed by atoms with Crippen LogP contribution in [0.5, 0.6) is 0 Å². The molecule has 9 nitrogen and oxygen atoms in total. The first-order chi connectivity index (χ1) is 15.4. The number of amides is 2. The van der Waals surface area contributed by atoms with Crippen molar-refractivity contribution in [2.45, 2.75) is 45.2 Å². The van der Waals surface area contributed by atoms with E-state index < -0.39 is 5.91 Å². The molecule has 0 atom stereocenters. The first-order valence-electron chi connectivity index (χ1n) is 10.7. The van der Waals surface area contributed by atoms with Gasteiger partial charge < -0.3 is 16.4 Å². The van der Waals surface area contributed by atoms with Gasteiger partial charge in [-0.25, -0.2) is 9.37 Å². The molecule has 1 fully saturated rings. The second-order valence-electron chi connectivity index (χ2n) is 8.26. The van der Waals surface area contributed by atoms with Crippen LogP contribution in [-0.4, -0.2) is 44.0 Å². The number of nitrogens with one attached hydrogen (secondary N) is 2. The monoisotopic (exact) mass is 475 g/mol. The van der Waals surface area contributed by atoms with E-state index >= 15 is 0 Å². The lowest BCUT2D eigenvalue weighted by Gasteiger charge is -2.26. The third kappa shape index (κ3) is 5.82. The van der Waals surface area contributed by atoms with Gasteiger partial charge in [0.2, 0.25) is 0 Å². The van der Waals surface area contributed by atoms with E-state index in [9.17, 15) is 14.0 Å². The summed E-state index contributed by atoms with van der Waals surface area (Å²) in [6.45, 7) is 2.40. The van der Waals surface area contributed by atoms with Crippen LogP contribution in [0.3, 0.4) is 0 Å². The molecule has 3 aromatic rings. The van der Waals surface area contributed by atoms with Crippen LogP contribution < -0.4 is 16.4 Å². The van der Waals surface area contributed by atoms with E-state index in [1.54, 1.807) is 19.1 Å². The van der Waals surface area contributed by atoms with Crippen LogP contribution >= 0.6 is 12.4 Å². The summed E-state index contributed by atoms with van der Waals surface area (Å²) in [6, 6.07) is 6.28. The number of rotatable bonds is 6. The van der Waals surface area contributed by atoms with Gasteiger partial charge in [-0.1, -0.05) is 12.1 Å². The van der Waals surface area contributed by atoms with Crippen molar-refractivity contribution in [1.29, 1.82) is 0 Å². The maximum absolute atomic E-state index is 13.4. The second kappa shape index (κ2) is 10.7. The summed E-state index contributed by atoms with van der Waals surface area (Å²) in [5.74, 6) is -0.572. The van der Waals surface area contributed by atoms with Crippen LogP contribution in [-0.2, 0) is 6.54 Å². The lowest BCUT2D eigenvalue weighted by atomic mass is 9.86. The Hall–Kier alpha value is -3.11. The standard InChI is InChI=1S/C22H26FN7O2.ClH/c1-13-8-15(4-7-17(13)23)11-25-20(31)18-9-19(30-22(29-18)27-12-28-30)21(32)26-10-14-2-5-16(24)6-3-14;/h4,7-9,12,14,16H,2-3,5-6,10-11,24H2,1H3,(H,25,31)(H,26,32);1H. The molecule has 1 aromatic carbocycles. The molecule has 0 bridgehead atoms. The normalized spacial score (nSPS) is 17.9. The lowest BCUT2D eigenvalue weighted by molar-refractivity contribution is 0.0935. The number of nitrogens with zero attached hydrogens (tertiary/aromatic N) is 4. The van der Waals surface area contributed by atoms with Gasteiger partial charge in [0, 0.05) is 25.2 Å². The van der Waals surface area contributed by atoms with Crippen molar-refractivity contribution in [3.05, 3.63) is 58.9 Å². The zero-order chi connectivity index (χ0) is 22.7. The van der Waals surface area contributed by atoms with E-state index in [-0.39, 0.29) is 53.9 Å². The summed E-state index contributed by atoms with van der Waals surface area (Å²) in [5, 5.41) is 9.74. The van der Waals surface area contributed by atoms with Crippen molar-refractivity contribution in [2.75, 3.05) is 6.54 Å². The Morgan fingerprint density at radius 3 is 2.64 bits per heavy atom. The highest BCUT2D eigenvalue weighted by atomic mass is 35.5. The van der Waals surface area contributed by atoms with Gasteiger partial charge in [0.15, 0.2) is 0 Å². The van der Waals surface area contributed by atoms with Gasteiger partial charge >= 0.3 is 0 Å². The van der Waals surface area contributed by atoms with E-state index in [1.807, 2.05) is 0 Å². The van der Waals surface area contributed by atoms with Crippen LogP contribution in [0.4, 0.5) is 4.39 Å². The highest BCUT2D eigenvalue weighted by molar-refractivity contribution is 5.98. The fourth-order valence-electron chi connectivity index (χ4n) is 3.90. The molecule has 0 unspecified atom stereocenters. The predicted octanol–water partition coefficient (Wildman–Crippen LogP) is 2.17. The maximum atomic E-state index is 13.4. The molecular formula is C22H27ClFN7O2. The van der Waals surface area contributed by atoms with Crippen molar-refractivity contribution >= 4 is 30.0 Å². The Labute approximate surface area is 196 Å². The summed E-state index contributed by atoms with van der Waals surface area (Å²) in [6.07, 6.45) is 5.16. The Morgan fingerprint density at radius 1 is 1.15 bits per heavy atom. The van der Waals surface area contributed by atoms with Gasteiger partial charge in [0.1, 0.15) is 23.5 Å². The molecule has 11 heteroatoms. The topological polar surface area (TPSA) is 127 Å². The minimum absolute atomic E-state index is 0.